The number of fused-ring (bicyclic) bond motifs is 1. The Kier molecular flexibility index (Phi) is 4.37. The Balaban J connectivity index is 1.55. The lowest BCUT2D eigenvalue weighted by atomic mass is 10.1. The quantitative estimate of drug-likeness (QED) is 0.852. The molecule has 2 aromatic rings. The van der Waals surface area contributed by atoms with E-state index in [9.17, 15) is 9.59 Å². The SMILES string of the molecule is CCOc1ccccc1N1C[C@H](C(=O)N2CCc3ccccc32)CC1=O. The number of hydrogen-bond donors (Lipinski definition) is 0. The highest BCUT2D eigenvalue weighted by atomic mass is 16.5. The van der Waals surface area contributed by atoms with Gasteiger partial charge in [0.1, 0.15) is 5.75 Å². The maximum absolute atomic E-state index is 13.1. The molecule has 2 amide bonds. The van der Waals surface area contributed by atoms with Gasteiger partial charge in [-0.2, -0.15) is 0 Å². The van der Waals surface area contributed by atoms with Crippen LogP contribution >= 0.6 is 0 Å². The lowest BCUT2D eigenvalue weighted by molar-refractivity contribution is -0.124. The van der Waals surface area contributed by atoms with E-state index in [1.54, 1.807) is 4.90 Å². The average molecular weight is 350 g/mol. The highest BCUT2D eigenvalue weighted by Crippen LogP contribution is 2.35. The van der Waals surface area contributed by atoms with Crippen molar-refractivity contribution >= 4 is 23.2 Å². The van der Waals surface area contributed by atoms with Gasteiger partial charge in [0.05, 0.1) is 18.2 Å². The van der Waals surface area contributed by atoms with Gasteiger partial charge in [-0.3, -0.25) is 9.59 Å². The molecule has 2 aromatic carbocycles. The first kappa shape index (κ1) is 16.6. The molecule has 0 aliphatic carbocycles. The lowest BCUT2D eigenvalue weighted by Crippen LogP contribution is -2.36. The molecule has 1 atom stereocenters. The van der Waals surface area contributed by atoms with E-state index < -0.39 is 0 Å². The third-order valence-corrected chi connectivity index (χ3v) is 5.08. The maximum Gasteiger partial charge on any atom is 0.232 e. The first-order valence-electron chi connectivity index (χ1n) is 9.10. The summed E-state index contributed by atoms with van der Waals surface area (Å²) in [6.07, 6.45) is 1.12. The Bertz CT molecular complexity index is 849. The third kappa shape index (κ3) is 2.83. The molecule has 2 aliphatic heterocycles. The van der Waals surface area contributed by atoms with Gasteiger partial charge < -0.3 is 14.5 Å². The number of para-hydroxylation sites is 3. The second-order valence-electron chi connectivity index (χ2n) is 6.67. The summed E-state index contributed by atoms with van der Waals surface area (Å²) in [6.45, 7) is 3.55. The number of amides is 2. The third-order valence-electron chi connectivity index (χ3n) is 5.08. The number of ether oxygens (including phenoxy) is 1. The summed E-state index contributed by atoms with van der Waals surface area (Å²) >= 11 is 0. The summed E-state index contributed by atoms with van der Waals surface area (Å²) < 4.78 is 5.65. The van der Waals surface area contributed by atoms with Crippen molar-refractivity contribution in [3.05, 3.63) is 54.1 Å². The molecule has 1 fully saturated rings. The van der Waals surface area contributed by atoms with Gasteiger partial charge in [-0.1, -0.05) is 30.3 Å². The van der Waals surface area contributed by atoms with Crippen LogP contribution in [0.5, 0.6) is 5.75 Å². The van der Waals surface area contributed by atoms with Gasteiger partial charge in [-0.25, -0.2) is 0 Å². The molecular formula is C21H22N2O3. The summed E-state index contributed by atoms with van der Waals surface area (Å²) in [5.74, 6) is 0.383. The largest absolute Gasteiger partial charge is 0.492 e. The molecule has 0 spiro atoms. The number of carbonyl (C=O) groups excluding carboxylic acids is 2. The molecule has 0 saturated carbocycles. The number of hydrogen-bond acceptors (Lipinski definition) is 3. The lowest BCUT2D eigenvalue weighted by Gasteiger charge is -2.22. The van der Waals surface area contributed by atoms with Crippen LogP contribution in [0.1, 0.15) is 18.9 Å². The van der Waals surface area contributed by atoms with Crippen LogP contribution in [-0.2, 0) is 16.0 Å². The predicted octanol–water partition coefficient (Wildman–Crippen LogP) is 3.03. The highest BCUT2D eigenvalue weighted by molar-refractivity contribution is 6.05. The standard InChI is InChI=1S/C21H22N2O3/c1-2-26-19-10-6-5-9-18(19)23-14-16(13-20(23)24)21(25)22-12-11-15-7-3-4-8-17(15)22/h3-10,16H,2,11-14H2,1H3/t16-/m1/s1. The summed E-state index contributed by atoms with van der Waals surface area (Å²) in [6, 6.07) is 15.5. The molecule has 5 nitrogen and oxygen atoms in total. The van der Waals surface area contributed by atoms with E-state index >= 15 is 0 Å². The molecule has 5 heteroatoms. The Morgan fingerprint density at radius 3 is 2.65 bits per heavy atom. The van der Waals surface area contributed by atoms with E-state index in [1.165, 1.54) is 5.56 Å². The van der Waals surface area contributed by atoms with E-state index in [1.807, 2.05) is 54.3 Å². The summed E-state index contributed by atoms with van der Waals surface area (Å²) in [4.78, 5) is 29.2. The smallest absolute Gasteiger partial charge is 0.232 e. The molecule has 0 bridgehead atoms. The number of benzene rings is 2. The zero-order valence-corrected chi connectivity index (χ0v) is 14.9. The monoisotopic (exact) mass is 350 g/mol. The van der Waals surface area contributed by atoms with Gasteiger partial charge in [0.15, 0.2) is 0 Å². The average Bonchev–Trinajstić information content (AvgIpc) is 3.26. The summed E-state index contributed by atoms with van der Waals surface area (Å²) in [7, 11) is 0. The Morgan fingerprint density at radius 1 is 1.12 bits per heavy atom. The van der Waals surface area contributed by atoms with Gasteiger partial charge >= 0.3 is 0 Å². The molecule has 134 valence electrons. The molecule has 0 radical (unpaired) electrons. The second kappa shape index (κ2) is 6.83. The molecule has 0 unspecified atom stereocenters. The van der Waals surface area contributed by atoms with Crippen LogP contribution < -0.4 is 14.5 Å². The topological polar surface area (TPSA) is 49.9 Å². The fourth-order valence-electron chi connectivity index (χ4n) is 3.85. The van der Waals surface area contributed by atoms with Gasteiger partial charge in [-0.05, 0) is 37.1 Å². The van der Waals surface area contributed by atoms with Crippen molar-refractivity contribution in [3.63, 3.8) is 0 Å². The van der Waals surface area contributed by atoms with Crippen molar-refractivity contribution in [3.8, 4) is 5.75 Å². The van der Waals surface area contributed by atoms with Gasteiger partial charge in [0.2, 0.25) is 11.8 Å². The fourth-order valence-corrected chi connectivity index (χ4v) is 3.85. The first-order valence-corrected chi connectivity index (χ1v) is 9.10. The van der Waals surface area contributed by atoms with Gasteiger partial charge in [-0.15, -0.1) is 0 Å². The molecule has 0 aromatic heterocycles. The Hall–Kier alpha value is -2.82. The van der Waals surface area contributed by atoms with Crippen molar-refractivity contribution in [2.75, 3.05) is 29.5 Å². The number of anilines is 2. The minimum atomic E-state index is -0.316. The molecule has 2 heterocycles. The highest BCUT2D eigenvalue weighted by Gasteiger charge is 2.39. The number of rotatable bonds is 4. The van der Waals surface area contributed by atoms with Crippen molar-refractivity contribution < 1.29 is 14.3 Å². The van der Waals surface area contributed by atoms with Gasteiger partial charge in [0, 0.05) is 25.2 Å². The van der Waals surface area contributed by atoms with E-state index in [-0.39, 0.29) is 24.2 Å². The molecule has 0 N–H and O–H groups in total. The molecule has 4 rings (SSSR count). The van der Waals surface area contributed by atoms with Gasteiger partial charge in [0.25, 0.3) is 0 Å². The van der Waals surface area contributed by atoms with Crippen molar-refractivity contribution in [2.24, 2.45) is 5.92 Å². The van der Waals surface area contributed by atoms with Crippen LogP contribution in [-0.4, -0.2) is 31.5 Å². The van der Waals surface area contributed by atoms with E-state index in [0.29, 0.717) is 25.4 Å². The first-order chi connectivity index (χ1) is 12.7. The van der Waals surface area contributed by atoms with E-state index in [2.05, 4.69) is 6.07 Å². The van der Waals surface area contributed by atoms with Crippen molar-refractivity contribution in [1.29, 1.82) is 0 Å². The van der Waals surface area contributed by atoms with E-state index in [0.717, 1.165) is 17.8 Å². The minimum Gasteiger partial charge on any atom is -0.492 e. The van der Waals surface area contributed by atoms with Crippen molar-refractivity contribution in [1.82, 2.24) is 0 Å². The number of nitrogens with zero attached hydrogens (tertiary/aromatic N) is 2. The number of carbonyl (C=O) groups is 2. The summed E-state index contributed by atoms with van der Waals surface area (Å²) in [5, 5.41) is 0. The normalized spacial score (nSPS) is 19.0. The van der Waals surface area contributed by atoms with Crippen LogP contribution in [0.4, 0.5) is 11.4 Å². The van der Waals surface area contributed by atoms with Crippen LogP contribution in [0.2, 0.25) is 0 Å². The summed E-state index contributed by atoms with van der Waals surface area (Å²) in [5.41, 5.74) is 2.93. The van der Waals surface area contributed by atoms with Crippen molar-refractivity contribution in [2.45, 2.75) is 19.8 Å². The molecular weight excluding hydrogens is 328 g/mol. The molecule has 1 saturated heterocycles. The molecule has 26 heavy (non-hydrogen) atoms. The fraction of sp³-hybridized carbons (Fsp3) is 0.333. The van der Waals surface area contributed by atoms with E-state index in [4.69, 9.17) is 4.74 Å². The minimum absolute atomic E-state index is 0.0250. The predicted molar refractivity (Wildman–Crippen MR) is 101 cm³/mol. The zero-order chi connectivity index (χ0) is 18.1. The Labute approximate surface area is 153 Å². The zero-order valence-electron chi connectivity index (χ0n) is 14.9. The van der Waals surface area contributed by atoms with Crippen LogP contribution in [0.15, 0.2) is 48.5 Å². The van der Waals surface area contributed by atoms with Crippen LogP contribution in [0, 0.1) is 5.92 Å². The second-order valence-corrected chi connectivity index (χ2v) is 6.67. The molecule has 2 aliphatic rings. The van der Waals surface area contributed by atoms with Crippen LogP contribution in [0.3, 0.4) is 0 Å². The maximum atomic E-state index is 13.1. The van der Waals surface area contributed by atoms with Crippen LogP contribution in [0.25, 0.3) is 0 Å². The Morgan fingerprint density at radius 2 is 1.85 bits per heavy atom.